The van der Waals surface area contributed by atoms with Gasteiger partial charge in [0.1, 0.15) is 11.4 Å². The quantitative estimate of drug-likeness (QED) is 0.426. The zero-order chi connectivity index (χ0) is 28.3. The summed E-state index contributed by atoms with van der Waals surface area (Å²) in [7, 11) is 0. The van der Waals surface area contributed by atoms with Crippen LogP contribution in [0.15, 0.2) is 42.6 Å². The Bertz CT molecular complexity index is 1530. The Morgan fingerprint density at radius 1 is 1.02 bits per heavy atom. The van der Waals surface area contributed by atoms with Gasteiger partial charge in [0, 0.05) is 49.0 Å². The maximum atomic E-state index is 15.0. The Balaban J connectivity index is 1.04. The number of carbonyl (C=O) groups is 1. The van der Waals surface area contributed by atoms with E-state index in [9.17, 15) is 4.79 Å². The van der Waals surface area contributed by atoms with Crippen LogP contribution in [0, 0.1) is 5.82 Å². The highest BCUT2D eigenvalue weighted by atomic mass is 19.1. The van der Waals surface area contributed by atoms with E-state index < -0.39 is 5.82 Å². The number of halogens is 1. The number of benzene rings is 2. The minimum absolute atomic E-state index is 0.107. The van der Waals surface area contributed by atoms with Crippen molar-refractivity contribution < 1.29 is 18.7 Å². The molecule has 0 unspecified atom stereocenters. The third-order valence-electron chi connectivity index (χ3n) is 9.32. The number of amides is 1. The second kappa shape index (κ2) is 10.2. The number of rotatable bonds is 7. The molecule has 2 saturated carbocycles. The molecule has 8 rings (SSSR count). The van der Waals surface area contributed by atoms with Crippen LogP contribution in [0.3, 0.4) is 0 Å². The third kappa shape index (κ3) is 4.86. The number of anilines is 3. The van der Waals surface area contributed by atoms with Gasteiger partial charge in [-0.05, 0) is 68.4 Å². The first-order valence-corrected chi connectivity index (χ1v) is 15.2. The van der Waals surface area contributed by atoms with Crippen LogP contribution in [0.2, 0.25) is 0 Å². The first-order chi connectivity index (χ1) is 20.5. The van der Waals surface area contributed by atoms with E-state index >= 15 is 4.39 Å². The summed E-state index contributed by atoms with van der Waals surface area (Å²) in [6.45, 7) is 5.65. The van der Waals surface area contributed by atoms with Crippen LogP contribution in [0.25, 0.3) is 11.3 Å². The minimum Gasteiger partial charge on any atom is -0.488 e. The first kappa shape index (κ1) is 25.9. The van der Waals surface area contributed by atoms with Gasteiger partial charge in [-0.15, -0.1) is 0 Å². The van der Waals surface area contributed by atoms with Gasteiger partial charge in [0.25, 0.3) is 5.91 Å². The number of aromatic nitrogens is 2. The molecule has 2 aromatic carbocycles. The Morgan fingerprint density at radius 3 is 2.60 bits per heavy atom. The van der Waals surface area contributed by atoms with Crippen molar-refractivity contribution in [1.82, 2.24) is 20.2 Å². The van der Waals surface area contributed by atoms with Crippen molar-refractivity contribution in [3.05, 3.63) is 59.5 Å². The van der Waals surface area contributed by atoms with Crippen LogP contribution in [-0.4, -0.2) is 72.3 Å². The zero-order valence-corrected chi connectivity index (χ0v) is 23.6. The highest BCUT2D eigenvalue weighted by molar-refractivity contribution is 6.01. The Labute approximate surface area is 244 Å². The highest BCUT2D eigenvalue weighted by Gasteiger charge is 2.52. The average Bonchev–Trinajstić information content (AvgIpc) is 3.96. The van der Waals surface area contributed by atoms with Crippen LogP contribution in [0.5, 0.6) is 5.75 Å². The molecule has 3 aromatic rings. The standard InChI is InChI=1S/C32H35FN6O3/c33-26-19-34-31(36-29(26)20-1-5-25-24(17-20)30(40)37-32(25)9-10-32)35-27-18-22(2-6-28(27)42-23-3-4-23)38-11-7-21(8-12-38)39-13-15-41-16-14-39/h1-2,5-6,17-19,21,23H,3-4,7-16H2,(H,37,40)(H,34,35,36). The maximum Gasteiger partial charge on any atom is 0.252 e. The van der Waals surface area contributed by atoms with Crippen molar-refractivity contribution in [1.29, 1.82) is 0 Å². The van der Waals surface area contributed by atoms with Crippen molar-refractivity contribution in [2.45, 2.75) is 56.2 Å². The van der Waals surface area contributed by atoms with E-state index in [1.807, 2.05) is 18.2 Å². The molecule has 218 valence electrons. The minimum atomic E-state index is -0.536. The van der Waals surface area contributed by atoms with Crippen molar-refractivity contribution >= 4 is 23.2 Å². The SMILES string of the molecule is O=C1NC2(CC2)c2ccc(-c3nc(Nc4cc(N5CCC(N6CCOCC6)CC5)ccc4OC4CC4)ncc3F)cc21. The molecule has 0 atom stereocenters. The molecule has 2 aliphatic carbocycles. The van der Waals surface area contributed by atoms with Gasteiger partial charge in [-0.25, -0.2) is 14.4 Å². The Hall–Kier alpha value is -3.76. The molecule has 1 amide bonds. The van der Waals surface area contributed by atoms with Crippen molar-refractivity contribution in [3.8, 4) is 17.0 Å². The fraction of sp³-hybridized carbons (Fsp3) is 0.469. The first-order valence-electron chi connectivity index (χ1n) is 15.2. The van der Waals surface area contributed by atoms with E-state index in [1.54, 1.807) is 6.07 Å². The topological polar surface area (TPSA) is 91.9 Å². The molecule has 1 spiro atoms. The van der Waals surface area contributed by atoms with Crippen LogP contribution in [0.4, 0.5) is 21.7 Å². The number of hydrogen-bond donors (Lipinski definition) is 2. The second-order valence-corrected chi connectivity index (χ2v) is 12.2. The lowest BCUT2D eigenvalue weighted by Crippen LogP contribution is -2.49. The van der Waals surface area contributed by atoms with Crippen molar-refractivity contribution in [2.24, 2.45) is 0 Å². The smallest absolute Gasteiger partial charge is 0.252 e. The summed E-state index contributed by atoms with van der Waals surface area (Å²) in [5.74, 6) is 0.373. The molecule has 4 fully saturated rings. The predicted octanol–water partition coefficient (Wildman–Crippen LogP) is 4.60. The van der Waals surface area contributed by atoms with Gasteiger partial charge < -0.3 is 25.0 Å². The lowest BCUT2D eigenvalue weighted by atomic mass is 9.99. The molecule has 5 aliphatic rings. The van der Waals surface area contributed by atoms with Gasteiger partial charge in [-0.3, -0.25) is 9.69 Å². The van der Waals surface area contributed by atoms with Crippen molar-refractivity contribution in [2.75, 3.05) is 49.6 Å². The summed E-state index contributed by atoms with van der Waals surface area (Å²) in [5, 5.41) is 6.41. The molecule has 0 bridgehead atoms. The molecule has 0 radical (unpaired) electrons. The van der Waals surface area contributed by atoms with Crippen LogP contribution >= 0.6 is 0 Å². The summed E-state index contributed by atoms with van der Waals surface area (Å²) in [6, 6.07) is 12.3. The molecular weight excluding hydrogens is 535 g/mol. The largest absolute Gasteiger partial charge is 0.488 e. The van der Waals surface area contributed by atoms with Gasteiger partial charge in [-0.1, -0.05) is 12.1 Å². The molecule has 2 saturated heterocycles. The number of piperidine rings is 1. The number of morpholine rings is 1. The molecule has 4 heterocycles. The third-order valence-corrected chi connectivity index (χ3v) is 9.32. The maximum absolute atomic E-state index is 15.0. The van der Waals surface area contributed by atoms with Crippen molar-refractivity contribution in [3.63, 3.8) is 0 Å². The van der Waals surface area contributed by atoms with Gasteiger partial charge in [0.05, 0.1) is 36.7 Å². The summed E-state index contributed by atoms with van der Waals surface area (Å²) in [6.07, 6.45) is 7.61. The Morgan fingerprint density at radius 2 is 1.83 bits per heavy atom. The fourth-order valence-electron chi connectivity index (χ4n) is 6.63. The van der Waals surface area contributed by atoms with Gasteiger partial charge in [0.2, 0.25) is 5.95 Å². The monoisotopic (exact) mass is 570 g/mol. The molecule has 2 N–H and O–H groups in total. The normalized spacial score (nSPS) is 21.7. The zero-order valence-electron chi connectivity index (χ0n) is 23.6. The summed E-state index contributed by atoms with van der Waals surface area (Å²) in [5.41, 5.74) is 3.96. The van der Waals surface area contributed by atoms with E-state index in [0.29, 0.717) is 17.2 Å². The molecule has 3 aliphatic heterocycles. The van der Waals surface area contributed by atoms with E-state index in [2.05, 4.69) is 42.5 Å². The van der Waals surface area contributed by atoms with Gasteiger partial charge in [0.15, 0.2) is 5.82 Å². The van der Waals surface area contributed by atoms with E-state index in [0.717, 1.165) is 101 Å². The molecule has 10 heteroatoms. The second-order valence-electron chi connectivity index (χ2n) is 12.2. The molecular formula is C32H35FN6O3. The number of carbonyl (C=O) groups excluding carboxylic acids is 1. The Kier molecular flexibility index (Phi) is 6.29. The lowest BCUT2D eigenvalue weighted by molar-refractivity contribution is 0.0115. The number of nitrogens with zero attached hydrogens (tertiary/aromatic N) is 4. The molecule has 42 heavy (non-hydrogen) atoms. The molecule has 9 nitrogen and oxygen atoms in total. The highest BCUT2D eigenvalue weighted by Crippen LogP contribution is 2.50. The van der Waals surface area contributed by atoms with E-state index in [1.165, 1.54) is 6.20 Å². The number of ether oxygens (including phenoxy) is 2. The summed E-state index contributed by atoms with van der Waals surface area (Å²) >= 11 is 0. The average molecular weight is 571 g/mol. The van der Waals surface area contributed by atoms with Gasteiger partial charge in [-0.2, -0.15) is 0 Å². The predicted molar refractivity (Wildman–Crippen MR) is 157 cm³/mol. The van der Waals surface area contributed by atoms with E-state index in [4.69, 9.17) is 9.47 Å². The summed E-state index contributed by atoms with van der Waals surface area (Å²) in [4.78, 5) is 26.4. The number of fused-ring (bicyclic) bond motifs is 2. The van der Waals surface area contributed by atoms with Crippen LogP contribution in [0.1, 0.15) is 54.4 Å². The van der Waals surface area contributed by atoms with Crippen LogP contribution < -0.4 is 20.3 Å². The summed E-state index contributed by atoms with van der Waals surface area (Å²) < 4.78 is 26.8. The van der Waals surface area contributed by atoms with Crippen LogP contribution in [-0.2, 0) is 10.3 Å². The number of hydrogen-bond acceptors (Lipinski definition) is 8. The van der Waals surface area contributed by atoms with E-state index in [-0.39, 0.29) is 29.2 Å². The number of nitrogens with one attached hydrogen (secondary N) is 2. The van der Waals surface area contributed by atoms with Gasteiger partial charge >= 0.3 is 0 Å². The fourth-order valence-corrected chi connectivity index (χ4v) is 6.63. The lowest BCUT2D eigenvalue weighted by Gasteiger charge is -2.41. The molecule has 1 aromatic heterocycles.